The van der Waals surface area contributed by atoms with Gasteiger partial charge in [-0.05, 0) is 62.7 Å². The second-order valence-electron chi connectivity index (χ2n) is 4.97. The predicted octanol–water partition coefficient (Wildman–Crippen LogP) is 4.06. The van der Waals surface area contributed by atoms with Crippen LogP contribution in [0.25, 0.3) is 0 Å². The molecule has 5 heteroatoms. The zero-order chi connectivity index (χ0) is 15.0. The number of hydrogen-bond donors (Lipinski definition) is 2. The van der Waals surface area contributed by atoms with Crippen molar-refractivity contribution in [3.63, 3.8) is 0 Å². The highest BCUT2D eigenvalue weighted by Crippen LogP contribution is 2.23. The number of thioether (sulfide) groups is 1. The van der Waals surface area contributed by atoms with Crippen molar-refractivity contribution in [2.24, 2.45) is 0 Å². The molecule has 0 amide bonds. The maximum Gasteiger partial charge on any atom is 0.323 e. The maximum atomic E-state index is 11.3. The van der Waals surface area contributed by atoms with E-state index in [1.54, 1.807) is 18.7 Å². The summed E-state index contributed by atoms with van der Waals surface area (Å²) >= 11 is 7.56. The number of rotatable bonds is 9. The van der Waals surface area contributed by atoms with Crippen LogP contribution in [-0.4, -0.2) is 28.9 Å². The predicted molar refractivity (Wildman–Crippen MR) is 85.7 cm³/mol. The summed E-state index contributed by atoms with van der Waals surface area (Å²) in [6.07, 6.45) is 2.41. The summed E-state index contributed by atoms with van der Waals surface area (Å²) in [5.74, 6) is 0.126. The molecule has 0 saturated heterocycles. The Morgan fingerprint density at radius 2 is 2.05 bits per heavy atom. The number of nitrogens with one attached hydrogen (secondary N) is 1. The molecule has 0 saturated carbocycles. The van der Waals surface area contributed by atoms with Gasteiger partial charge in [-0.3, -0.25) is 4.79 Å². The average Bonchev–Trinajstić information content (AvgIpc) is 2.43. The Morgan fingerprint density at radius 3 is 2.60 bits per heavy atom. The Hall–Kier alpha value is -0.710. The van der Waals surface area contributed by atoms with Gasteiger partial charge in [0.25, 0.3) is 0 Å². The number of halogens is 1. The van der Waals surface area contributed by atoms with E-state index in [-0.39, 0.29) is 0 Å². The molecule has 1 unspecified atom stereocenters. The number of carboxylic acids is 1. The smallest absolute Gasteiger partial charge is 0.323 e. The Balaban J connectivity index is 2.37. The molecular weight excluding hydrogens is 294 g/mol. The van der Waals surface area contributed by atoms with Crippen molar-refractivity contribution in [1.29, 1.82) is 0 Å². The monoisotopic (exact) mass is 315 g/mol. The lowest BCUT2D eigenvalue weighted by Gasteiger charge is -2.26. The third-order valence-corrected chi connectivity index (χ3v) is 4.49. The Bertz CT molecular complexity index is 424. The van der Waals surface area contributed by atoms with Gasteiger partial charge in [0.2, 0.25) is 0 Å². The number of carboxylic acid groups (broad SMARTS) is 1. The van der Waals surface area contributed by atoms with Gasteiger partial charge in [-0.15, -0.1) is 11.8 Å². The fourth-order valence-electron chi connectivity index (χ4n) is 1.82. The van der Waals surface area contributed by atoms with Gasteiger partial charge in [0.1, 0.15) is 5.54 Å². The summed E-state index contributed by atoms with van der Waals surface area (Å²) in [5, 5.41) is 13.2. The lowest BCUT2D eigenvalue weighted by Crippen LogP contribution is -2.49. The quantitative estimate of drug-likeness (QED) is 0.533. The van der Waals surface area contributed by atoms with Crippen molar-refractivity contribution in [2.75, 3.05) is 12.3 Å². The first-order valence-electron chi connectivity index (χ1n) is 6.85. The minimum absolute atomic E-state index is 0.628. The highest BCUT2D eigenvalue weighted by atomic mass is 35.5. The van der Waals surface area contributed by atoms with Gasteiger partial charge in [-0.25, -0.2) is 0 Å². The largest absolute Gasteiger partial charge is 0.480 e. The highest BCUT2D eigenvalue weighted by molar-refractivity contribution is 7.99. The van der Waals surface area contributed by atoms with Crippen LogP contribution in [0.4, 0.5) is 0 Å². The van der Waals surface area contributed by atoms with Gasteiger partial charge < -0.3 is 10.4 Å². The molecule has 0 spiro atoms. The zero-order valence-electron chi connectivity index (χ0n) is 12.0. The lowest BCUT2D eigenvalue weighted by atomic mass is 9.96. The molecule has 0 radical (unpaired) electrons. The molecule has 0 fully saturated rings. The molecule has 0 bridgehead atoms. The minimum atomic E-state index is -0.823. The van der Waals surface area contributed by atoms with Gasteiger partial charge in [-0.2, -0.15) is 0 Å². The number of aliphatic carboxylic acids is 1. The molecule has 1 atom stereocenters. The van der Waals surface area contributed by atoms with E-state index in [0.29, 0.717) is 6.42 Å². The number of hydrogen-bond acceptors (Lipinski definition) is 3. The van der Waals surface area contributed by atoms with Crippen LogP contribution >= 0.6 is 23.4 Å². The van der Waals surface area contributed by atoms with Gasteiger partial charge in [-0.1, -0.05) is 18.5 Å². The number of benzene rings is 1. The van der Waals surface area contributed by atoms with Crippen LogP contribution in [0.3, 0.4) is 0 Å². The molecule has 2 N–H and O–H groups in total. The molecule has 112 valence electrons. The molecule has 0 aliphatic heterocycles. The third kappa shape index (κ3) is 5.73. The fourth-order valence-corrected chi connectivity index (χ4v) is 2.80. The van der Waals surface area contributed by atoms with E-state index in [1.165, 1.54) is 0 Å². The highest BCUT2D eigenvalue weighted by Gasteiger charge is 2.31. The zero-order valence-corrected chi connectivity index (χ0v) is 13.6. The second-order valence-corrected chi connectivity index (χ2v) is 6.57. The molecule has 1 rings (SSSR count). The third-order valence-electron chi connectivity index (χ3n) is 3.14. The fraction of sp³-hybridized carbons (Fsp3) is 0.533. The molecule has 3 nitrogen and oxygen atoms in total. The topological polar surface area (TPSA) is 49.3 Å². The van der Waals surface area contributed by atoms with Gasteiger partial charge in [0, 0.05) is 9.92 Å². The van der Waals surface area contributed by atoms with Crippen molar-refractivity contribution in [1.82, 2.24) is 5.32 Å². The Labute approximate surface area is 130 Å². The first-order valence-corrected chi connectivity index (χ1v) is 8.21. The van der Waals surface area contributed by atoms with E-state index < -0.39 is 11.5 Å². The molecule has 20 heavy (non-hydrogen) atoms. The SMILES string of the molecule is CCCNC(C)(CCCSc1ccc(Cl)cc1)C(=O)O. The van der Waals surface area contributed by atoms with E-state index in [2.05, 4.69) is 5.32 Å². The minimum Gasteiger partial charge on any atom is -0.480 e. The lowest BCUT2D eigenvalue weighted by molar-refractivity contribution is -0.144. The second kappa shape index (κ2) is 8.55. The van der Waals surface area contributed by atoms with Crippen molar-refractivity contribution < 1.29 is 9.90 Å². The summed E-state index contributed by atoms with van der Waals surface area (Å²) in [5.41, 5.74) is -0.823. The van der Waals surface area contributed by atoms with Crippen LogP contribution in [0.5, 0.6) is 0 Å². The van der Waals surface area contributed by atoms with Crippen LogP contribution in [0.15, 0.2) is 29.2 Å². The van der Waals surface area contributed by atoms with Crippen molar-refractivity contribution in [3.05, 3.63) is 29.3 Å². The summed E-state index contributed by atoms with van der Waals surface area (Å²) in [4.78, 5) is 12.5. The van der Waals surface area contributed by atoms with Gasteiger partial charge in [0.15, 0.2) is 0 Å². The molecule has 1 aromatic rings. The van der Waals surface area contributed by atoms with Crippen molar-refractivity contribution >= 4 is 29.3 Å². The van der Waals surface area contributed by atoms with E-state index >= 15 is 0 Å². The molecular formula is C15H22ClNO2S. The van der Waals surface area contributed by atoms with Crippen LogP contribution in [0.2, 0.25) is 5.02 Å². The first kappa shape index (κ1) is 17.3. The maximum absolute atomic E-state index is 11.3. The summed E-state index contributed by atoms with van der Waals surface area (Å²) in [6.45, 7) is 4.52. The summed E-state index contributed by atoms with van der Waals surface area (Å²) in [6, 6.07) is 7.71. The van der Waals surface area contributed by atoms with Crippen LogP contribution in [0.1, 0.15) is 33.1 Å². The number of carbonyl (C=O) groups is 1. The Morgan fingerprint density at radius 1 is 1.40 bits per heavy atom. The Kier molecular flexibility index (Phi) is 7.41. The molecule has 1 aromatic carbocycles. The standard InChI is InChI=1S/C15H22ClNO2S/c1-3-10-17-15(2,14(18)19)9-4-11-20-13-7-5-12(16)6-8-13/h5-8,17H,3-4,9-11H2,1-2H3,(H,18,19). The van der Waals surface area contributed by atoms with Crippen LogP contribution in [0, 0.1) is 0 Å². The summed E-state index contributed by atoms with van der Waals surface area (Å²) in [7, 11) is 0. The normalized spacial score (nSPS) is 13.9. The molecule has 0 heterocycles. The van der Waals surface area contributed by atoms with Gasteiger partial charge >= 0.3 is 5.97 Å². The van der Waals surface area contributed by atoms with Crippen molar-refractivity contribution in [3.8, 4) is 0 Å². The average molecular weight is 316 g/mol. The van der Waals surface area contributed by atoms with Gasteiger partial charge in [0.05, 0.1) is 0 Å². The molecule has 0 aliphatic rings. The molecule has 0 aromatic heterocycles. The van der Waals surface area contributed by atoms with E-state index in [4.69, 9.17) is 11.6 Å². The van der Waals surface area contributed by atoms with Crippen LogP contribution < -0.4 is 5.32 Å². The van der Waals surface area contributed by atoms with E-state index in [0.717, 1.165) is 35.1 Å². The van der Waals surface area contributed by atoms with Crippen molar-refractivity contribution in [2.45, 2.75) is 43.5 Å². The summed E-state index contributed by atoms with van der Waals surface area (Å²) < 4.78 is 0. The van der Waals surface area contributed by atoms with Crippen LogP contribution in [-0.2, 0) is 4.79 Å². The van der Waals surface area contributed by atoms with E-state index in [1.807, 2.05) is 31.2 Å². The first-order chi connectivity index (χ1) is 9.48. The van der Waals surface area contributed by atoms with E-state index in [9.17, 15) is 9.90 Å². The molecule has 0 aliphatic carbocycles.